The predicted octanol–water partition coefficient (Wildman–Crippen LogP) is 5.53. The molecule has 1 saturated heterocycles. The molecule has 2 aliphatic rings. The zero-order chi connectivity index (χ0) is 26.5. The highest BCUT2D eigenvalue weighted by atomic mass is 16.6. The molecule has 0 spiro atoms. The highest BCUT2D eigenvalue weighted by molar-refractivity contribution is 5.91. The summed E-state index contributed by atoms with van der Waals surface area (Å²) in [6.07, 6.45) is 7.08. The van der Waals surface area contributed by atoms with Crippen LogP contribution in [0, 0.1) is 0 Å². The predicted molar refractivity (Wildman–Crippen MR) is 148 cm³/mol. The molecule has 1 saturated carbocycles. The van der Waals surface area contributed by atoms with E-state index < -0.39 is 5.60 Å². The molecule has 0 bridgehead atoms. The van der Waals surface area contributed by atoms with Crippen LogP contribution in [0.5, 0.6) is 11.5 Å². The van der Waals surface area contributed by atoms with Crippen molar-refractivity contribution in [3.63, 3.8) is 0 Å². The highest BCUT2D eigenvalue weighted by Crippen LogP contribution is 2.37. The topological polar surface area (TPSA) is 85.8 Å². The lowest BCUT2D eigenvalue weighted by molar-refractivity contribution is -0.169. The van der Waals surface area contributed by atoms with Crippen LogP contribution in [0.25, 0.3) is 10.9 Å². The number of carbonyl (C=O) groups is 1. The number of aromatic nitrogens is 2. The molecule has 1 atom stereocenters. The molecule has 2 heterocycles. The normalized spacial score (nSPS) is 18.8. The first-order valence-electron chi connectivity index (χ1n) is 13.7. The molecule has 1 aromatic heterocycles. The summed E-state index contributed by atoms with van der Waals surface area (Å²) in [5.74, 6) is 2.02. The van der Waals surface area contributed by atoms with Gasteiger partial charge in [0.05, 0.1) is 24.8 Å². The average molecular weight is 519 g/mol. The van der Waals surface area contributed by atoms with Crippen molar-refractivity contribution in [1.29, 1.82) is 0 Å². The van der Waals surface area contributed by atoms with Gasteiger partial charge in [-0.1, -0.05) is 30.3 Å². The van der Waals surface area contributed by atoms with E-state index in [-0.39, 0.29) is 18.1 Å². The van der Waals surface area contributed by atoms with E-state index in [4.69, 9.17) is 14.2 Å². The summed E-state index contributed by atoms with van der Waals surface area (Å²) in [6.45, 7) is 8.32. The van der Waals surface area contributed by atoms with Gasteiger partial charge in [-0.25, -0.2) is 9.97 Å². The van der Waals surface area contributed by atoms with Crippen LogP contribution < -0.4 is 14.8 Å². The van der Waals surface area contributed by atoms with Crippen LogP contribution in [0.1, 0.15) is 64.5 Å². The summed E-state index contributed by atoms with van der Waals surface area (Å²) in [7, 11) is 0. The van der Waals surface area contributed by atoms with E-state index in [1.165, 1.54) is 18.4 Å². The largest absolute Gasteiger partial charge is 0.490 e. The van der Waals surface area contributed by atoms with Gasteiger partial charge in [0.15, 0.2) is 11.5 Å². The molecule has 5 rings (SSSR count). The second kappa shape index (κ2) is 11.6. The molecule has 2 aromatic carbocycles. The summed E-state index contributed by atoms with van der Waals surface area (Å²) >= 11 is 0. The van der Waals surface area contributed by atoms with E-state index in [1.807, 2.05) is 44.2 Å². The number of hydrogen-bond donors (Lipinski definition) is 1. The third kappa shape index (κ3) is 6.54. The SMILES string of the molecule is C[C@@H](Nc1ncnc2cc(OC3CCCC3)c(OCCCN3CC(=O)OC(C)(C)C3)cc12)c1ccccc1. The van der Waals surface area contributed by atoms with Crippen molar-refractivity contribution in [3.05, 3.63) is 54.4 Å². The number of cyclic esters (lactones) is 1. The Labute approximate surface area is 224 Å². The molecular weight excluding hydrogens is 480 g/mol. The zero-order valence-electron chi connectivity index (χ0n) is 22.6. The third-order valence-electron chi connectivity index (χ3n) is 7.17. The van der Waals surface area contributed by atoms with E-state index >= 15 is 0 Å². The molecule has 3 aromatic rings. The van der Waals surface area contributed by atoms with Crippen LogP contribution in [0.15, 0.2) is 48.8 Å². The minimum absolute atomic E-state index is 0.0774. The summed E-state index contributed by atoms with van der Waals surface area (Å²) in [4.78, 5) is 23.2. The molecule has 0 radical (unpaired) electrons. The van der Waals surface area contributed by atoms with Crippen LogP contribution in [-0.2, 0) is 9.53 Å². The molecule has 8 nitrogen and oxygen atoms in total. The van der Waals surface area contributed by atoms with Crippen LogP contribution in [0.3, 0.4) is 0 Å². The van der Waals surface area contributed by atoms with Gasteiger partial charge >= 0.3 is 5.97 Å². The van der Waals surface area contributed by atoms with Gasteiger partial charge in [0.2, 0.25) is 0 Å². The Morgan fingerprint density at radius 1 is 1.13 bits per heavy atom. The maximum absolute atomic E-state index is 11.9. The van der Waals surface area contributed by atoms with E-state index in [1.54, 1.807) is 6.33 Å². The zero-order valence-corrected chi connectivity index (χ0v) is 22.6. The van der Waals surface area contributed by atoms with Crippen molar-refractivity contribution < 1.29 is 19.0 Å². The molecule has 8 heteroatoms. The Bertz CT molecular complexity index is 1240. The Morgan fingerprint density at radius 2 is 1.92 bits per heavy atom. The Morgan fingerprint density at radius 3 is 2.68 bits per heavy atom. The molecule has 38 heavy (non-hydrogen) atoms. The van der Waals surface area contributed by atoms with Crippen molar-refractivity contribution in [2.45, 2.75) is 70.6 Å². The number of benzene rings is 2. The van der Waals surface area contributed by atoms with Crippen molar-refractivity contribution in [2.24, 2.45) is 0 Å². The second-order valence-corrected chi connectivity index (χ2v) is 11.0. The summed E-state index contributed by atoms with van der Waals surface area (Å²) in [5, 5.41) is 4.44. The Kier molecular flexibility index (Phi) is 7.98. The van der Waals surface area contributed by atoms with Gasteiger partial charge in [0, 0.05) is 30.6 Å². The van der Waals surface area contributed by atoms with Crippen LogP contribution in [0.4, 0.5) is 5.82 Å². The number of anilines is 1. The van der Waals surface area contributed by atoms with Gasteiger partial charge in [-0.05, 0) is 64.5 Å². The van der Waals surface area contributed by atoms with Gasteiger partial charge < -0.3 is 19.5 Å². The lowest BCUT2D eigenvalue weighted by Crippen LogP contribution is -2.51. The average Bonchev–Trinajstić information content (AvgIpc) is 3.39. The molecule has 1 N–H and O–H groups in total. The van der Waals surface area contributed by atoms with Crippen LogP contribution in [0.2, 0.25) is 0 Å². The van der Waals surface area contributed by atoms with Gasteiger partial charge in [0.25, 0.3) is 0 Å². The molecule has 202 valence electrons. The van der Waals surface area contributed by atoms with Gasteiger partial charge in [-0.15, -0.1) is 0 Å². The maximum Gasteiger partial charge on any atom is 0.320 e. The number of nitrogens with zero attached hydrogens (tertiary/aromatic N) is 3. The lowest BCUT2D eigenvalue weighted by atomic mass is 10.1. The van der Waals surface area contributed by atoms with Crippen LogP contribution in [-0.4, -0.2) is 58.8 Å². The highest BCUT2D eigenvalue weighted by Gasteiger charge is 2.32. The number of fused-ring (bicyclic) bond motifs is 1. The summed E-state index contributed by atoms with van der Waals surface area (Å²) < 4.78 is 18.2. The van der Waals surface area contributed by atoms with Gasteiger partial charge in [-0.2, -0.15) is 0 Å². The first-order valence-corrected chi connectivity index (χ1v) is 13.7. The van der Waals surface area contributed by atoms with Gasteiger partial charge in [-0.3, -0.25) is 9.69 Å². The summed E-state index contributed by atoms with van der Waals surface area (Å²) in [6, 6.07) is 14.4. The lowest BCUT2D eigenvalue weighted by Gasteiger charge is -2.37. The number of ether oxygens (including phenoxy) is 3. The number of hydrogen-bond acceptors (Lipinski definition) is 8. The van der Waals surface area contributed by atoms with E-state index in [2.05, 4.69) is 39.2 Å². The Balaban J connectivity index is 1.33. The van der Waals surface area contributed by atoms with E-state index in [0.29, 0.717) is 18.9 Å². The molecular formula is C30H38N4O4. The fraction of sp³-hybridized carbons (Fsp3) is 0.500. The standard InChI is InChI=1S/C30H38N4O4/c1-21(22-10-5-4-6-11-22)33-29-24-16-26(36-15-9-14-34-18-28(35)38-30(2,3)19-34)27(17-25(24)31-20-32-29)37-23-12-7-8-13-23/h4-6,10-11,16-17,20-21,23H,7-9,12-15,18-19H2,1-3H3,(H,31,32,33)/t21-/m1/s1. The molecule has 2 fully saturated rings. The smallest absolute Gasteiger partial charge is 0.320 e. The van der Waals surface area contributed by atoms with Crippen molar-refractivity contribution >= 4 is 22.7 Å². The number of esters is 1. The van der Waals surface area contributed by atoms with Gasteiger partial charge in [0.1, 0.15) is 17.7 Å². The van der Waals surface area contributed by atoms with Crippen LogP contribution >= 0.6 is 0 Å². The fourth-order valence-corrected chi connectivity index (χ4v) is 5.38. The number of carbonyl (C=O) groups excluding carboxylic acids is 1. The molecule has 1 aliphatic carbocycles. The third-order valence-corrected chi connectivity index (χ3v) is 7.17. The van der Waals surface area contributed by atoms with E-state index in [9.17, 15) is 4.79 Å². The fourth-order valence-electron chi connectivity index (χ4n) is 5.38. The molecule has 0 amide bonds. The van der Waals surface area contributed by atoms with Crippen molar-refractivity contribution in [1.82, 2.24) is 14.9 Å². The first-order chi connectivity index (χ1) is 18.4. The second-order valence-electron chi connectivity index (χ2n) is 11.0. The number of rotatable bonds is 10. The Hall–Kier alpha value is -3.39. The quantitative estimate of drug-likeness (QED) is 0.277. The monoisotopic (exact) mass is 518 g/mol. The minimum atomic E-state index is -0.461. The maximum atomic E-state index is 11.9. The van der Waals surface area contributed by atoms with Crippen molar-refractivity contribution in [3.8, 4) is 11.5 Å². The number of morpholine rings is 1. The minimum Gasteiger partial charge on any atom is -0.490 e. The summed E-state index contributed by atoms with van der Waals surface area (Å²) in [5.41, 5.74) is 1.54. The van der Waals surface area contributed by atoms with E-state index in [0.717, 1.165) is 54.8 Å². The molecule has 0 unspecified atom stereocenters. The molecule has 1 aliphatic heterocycles. The first kappa shape index (κ1) is 26.2. The van der Waals surface area contributed by atoms with Crippen molar-refractivity contribution in [2.75, 3.05) is 31.6 Å². The number of nitrogens with one attached hydrogen (secondary N) is 1.